The van der Waals surface area contributed by atoms with Crippen molar-refractivity contribution in [3.05, 3.63) is 0 Å². The maximum Gasteiger partial charge on any atom is 0.326 e. The van der Waals surface area contributed by atoms with E-state index >= 15 is 0 Å². The Morgan fingerprint density at radius 1 is 1.42 bits per heavy atom. The molecule has 3 atom stereocenters. The normalized spacial score (nSPS) is 27.2. The zero-order valence-electron chi connectivity index (χ0n) is 12.4. The van der Waals surface area contributed by atoms with Crippen LogP contribution in [0.1, 0.15) is 46.5 Å². The Morgan fingerprint density at radius 2 is 2.05 bits per heavy atom. The second-order valence-corrected chi connectivity index (χ2v) is 5.89. The van der Waals surface area contributed by atoms with Gasteiger partial charge in [0.15, 0.2) is 0 Å². The Balaban J connectivity index is 2.49. The molecule has 112 valence electrons. The van der Waals surface area contributed by atoms with Gasteiger partial charge in [-0.05, 0) is 46.5 Å². The van der Waals surface area contributed by atoms with Crippen LogP contribution in [0.3, 0.4) is 0 Å². The average Bonchev–Trinajstić information content (AvgIpc) is 2.35. The summed E-state index contributed by atoms with van der Waals surface area (Å²) in [6, 6.07) is 0.0998. The van der Waals surface area contributed by atoms with E-state index in [2.05, 4.69) is 5.32 Å². The van der Waals surface area contributed by atoms with Gasteiger partial charge in [0.05, 0.1) is 18.8 Å². The lowest BCUT2D eigenvalue weighted by Crippen LogP contribution is -2.56. The summed E-state index contributed by atoms with van der Waals surface area (Å²) in [4.78, 5) is 11.4. The van der Waals surface area contributed by atoms with Crippen LogP contribution in [0.5, 0.6) is 0 Å². The summed E-state index contributed by atoms with van der Waals surface area (Å²) in [5.41, 5.74) is -1.03. The Bertz CT molecular complexity index is 295. The van der Waals surface area contributed by atoms with Gasteiger partial charge in [-0.2, -0.15) is 0 Å². The van der Waals surface area contributed by atoms with Gasteiger partial charge in [0.25, 0.3) is 0 Å². The molecule has 0 heterocycles. The van der Waals surface area contributed by atoms with Crippen molar-refractivity contribution < 1.29 is 19.4 Å². The first-order chi connectivity index (χ1) is 8.87. The van der Waals surface area contributed by atoms with E-state index in [4.69, 9.17) is 9.47 Å². The van der Waals surface area contributed by atoms with Gasteiger partial charge in [-0.3, -0.25) is 10.1 Å². The van der Waals surface area contributed by atoms with E-state index in [1.807, 2.05) is 13.8 Å². The van der Waals surface area contributed by atoms with Crippen LogP contribution >= 0.6 is 0 Å². The molecule has 0 aromatic rings. The Kier molecular flexibility index (Phi) is 6.23. The molecule has 0 spiro atoms. The van der Waals surface area contributed by atoms with Crippen molar-refractivity contribution in [1.29, 1.82) is 0 Å². The number of aliphatic carboxylic acids is 1. The first-order valence-corrected chi connectivity index (χ1v) is 7.03. The lowest BCUT2D eigenvalue weighted by Gasteiger charge is -2.33. The average molecular weight is 273 g/mol. The number of carboxylic acids is 1. The van der Waals surface area contributed by atoms with Gasteiger partial charge >= 0.3 is 5.97 Å². The molecule has 1 aliphatic carbocycles. The summed E-state index contributed by atoms with van der Waals surface area (Å²) >= 11 is 0. The molecule has 19 heavy (non-hydrogen) atoms. The van der Waals surface area contributed by atoms with Crippen LogP contribution in [-0.4, -0.2) is 48.6 Å². The second kappa shape index (κ2) is 7.22. The highest BCUT2D eigenvalue weighted by Gasteiger charge is 2.35. The summed E-state index contributed by atoms with van der Waals surface area (Å²) in [5.74, 6) is -0.875. The maximum atomic E-state index is 11.4. The molecule has 0 aliphatic heterocycles. The van der Waals surface area contributed by atoms with E-state index in [0.717, 1.165) is 25.7 Å². The lowest BCUT2D eigenvalue weighted by atomic mass is 9.94. The van der Waals surface area contributed by atoms with Crippen molar-refractivity contribution in [2.45, 2.75) is 70.2 Å². The highest BCUT2D eigenvalue weighted by molar-refractivity contribution is 5.78. The molecule has 5 nitrogen and oxygen atoms in total. The van der Waals surface area contributed by atoms with Gasteiger partial charge in [-0.15, -0.1) is 0 Å². The smallest absolute Gasteiger partial charge is 0.326 e. The molecule has 0 aromatic heterocycles. The highest BCUT2D eigenvalue weighted by Crippen LogP contribution is 2.24. The van der Waals surface area contributed by atoms with E-state index < -0.39 is 11.5 Å². The van der Waals surface area contributed by atoms with Crippen LogP contribution in [0.25, 0.3) is 0 Å². The highest BCUT2D eigenvalue weighted by atomic mass is 16.5. The molecule has 1 rings (SSSR count). The number of hydrogen-bond donors (Lipinski definition) is 2. The van der Waals surface area contributed by atoms with Crippen LogP contribution in [-0.2, 0) is 14.3 Å². The minimum Gasteiger partial charge on any atom is -0.480 e. The largest absolute Gasteiger partial charge is 0.480 e. The molecular weight excluding hydrogens is 246 g/mol. The molecule has 0 amide bonds. The predicted molar refractivity (Wildman–Crippen MR) is 73.3 cm³/mol. The van der Waals surface area contributed by atoms with Gasteiger partial charge in [0.1, 0.15) is 5.54 Å². The first kappa shape index (κ1) is 16.4. The first-order valence-electron chi connectivity index (χ1n) is 7.03. The number of nitrogens with one attached hydrogen (secondary N) is 1. The number of carbonyl (C=O) groups is 1. The van der Waals surface area contributed by atoms with Gasteiger partial charge in [0, 0.05) is 13.2 Å². The molecule has 0 saturated heterocycles. The number of ether oxygens (including phenoxy) is 2. The molecule has 0 radical (unpaired) electrons. The third kappa shape index (κ3) is 5.09. The van der Waals surface area contributed by atoms with E-state index in [1.54, 1.807) is 14.0 Å². The van der Waals surface area contributed by atoms with Gasteiger partial charge in [-0.1, -0.05) is 0 Å². The molecule has 2 N–H and O–H groups in total. The Labute approximate surface area is 115 Å². The maximum absolute atomic E-state index is 11.4. The van der Waals surface area contributed by atoms with Crippen LogP contribution < -0.4 is 5.32 Å². The number of hydrogen-bond acceptors (Lipinski definition) is 4. The van der Waals surface area contributed by atoms with Gasteiger partial charge < -0.3 is 14.6 Å². The monoisotopic (exact) mass is 273 g/mol. The van der Waals surface area contributed by atoms with Crippen molar-refractivity contribution in [2.24, 2.45) is 0 Å². The fraction of sp³-hybridized carbons (Fsp3) is 0.929. The fourth-order valence-corrected chi connectivity index (χ4v) is 2.55. The van der Waals surface area contributed by atoms with E-state index in [0.29, 0.717) is 0 Å². The minimum atomic E-state index is -1.03. The molecule has 5 heteroatoms. The summed E-state index contributed by atoms with van der Waals surface area (Å²) < 4.78 is 11.2. The third-order valence-corrected chi connectivity index (χ3v) is 3.60. The quantitative estimate of drug-likeness (QED) is 0.740. The van der Waals surface area contributed by atoms with Crippen molar-refractivity contribution >= 4 is 5.97 Å². The Morgan fingerprint density at radius 3 is 2.58 bits per heavy atom. The number of methoxy groups -OCH3 is 1. The number of carboxylic acid groups (broad SMARTS) is 1. The third-order valence-electron chi connectivity index (χ3n) is 3.60. The van der Waals surface area contributed by atoms with Crippen LogP contribution in [0.4, 0.5) is 0 Å². The molecule has 3 unspecified atom stereocenters. The van der Waals surface area contributed by atoms with Crippen LogP contribution in [0, 0.1) is 0 Å². The number of rotatable bonds is 7. The van der Waals surface area contributed by atoms with Crippen LogP contribution in [0.15, 0.2) is 0 Å². The predicted octanol–water partition coefficient (Wildman–Crippen LogP) is 1.80. The van der Waals surface area contributed by atoms with E-state index in [1.165, 1.54) is 0 Å². The molecule has 1 saturated carbocycles. The zero-order valence-corrected chi connectivity index (χ0v) is 12.4. The molecule has 1 aliphatic rings. The fourth-order valence-electron chi connectivity index (χ4n) is 2.55. The van der Waals surface area contributed by atoms with Crippen molar-refractivity contribution in [1.82, 2.24) is 5.32 Å². The standard InChI is InChI=1S/C14H27NO4/c1-10(2)15-14(3,13(16)17)9-19-12-7-5-6-11(8-12)18-4/h10-12,15H,5-9H2,1-4H3,(H,16,17). The SMILES string of the molecule is COC1CCCC(OCC(C)(NC(C)C)C(=O)O)C1. The zero-order chi connectivity index (χ0) is 14.5. The molecule has 1 fully saturated rings. The van der Waals surface area contributed by atoms with Gasteiger partial charge in [0.2, 0.25) is 0 Å². The topological polar surface area (TPSA) is 67.8 Å². The molecule has 0 aromatic carbocycles. The second-order valence-electron chi connectivity index (χ2n) is 5.89. The van der Waals surface area contributed by atoms with Crippen molar-refractivity contribution in [3.8, 4) is 0 Å². The summed E-state index contributed by atoms with van der Waals surface area (Å²) in [5, 5.41) is 12.4. The summed E-state index contributed by atoms with van der Waals surface area (Å²) in [7, 11) is 1.72. The van der Waals surface area contributed by atoms with Gasteiger partial charge in [-0.25, -0.2) is 0 Å². The summed E-state index contributed by atoms with van der Waals surface area (Å²) in [6.07, 6.45) is 4.33. The molecule has 0 bridgehead atoms. The molecular formula is C14H27NO4. The minimum absolute atomic E-state index is 0.0998. The van der Waals surface area contributed by atoms with Crippen molar-refractivity contribution in [3.63, 3.8) is 0 Å². The summed E-state index contributed by atoms with van der Waals surface area (Å²) in [6.45, 7) is 5.72. The van der Waals surface area contributed by atoms with Crippen LogP contribution in [0.2, 0.25) is 0 Å². The van der Waals surface area contributed by atoms with E-state index in [-0.39, 0.29) is 24.9 Å². The lowest BCUT2D eigenvalue weighted by molar-refractivity contribution is -0.149. The van der Waals surface area contributed by atoms with Crippen molar-refractivity contribution in [2.75, 3.05) is 13.7 Å². The Hall–Kier alpha value is -0.650. The van der Waals surface area contributed by atoms with E-state index in [9.17, 15) is 9.90 Å².